The molecule has 1 aromatic heterocycles. The SMILES string of the molecule is COc1cccc(CCNc2ccnc(CO)n2)c1. The molecule has 2 aromatic rings. The van der Waals surface area contributed by atoms with Crippen molar-refractivity contribution in [2.75, 3.05) is 19.0 Å². The van der Waals surface area contributed by atoms with Crippen molar-refractivity contribution in [2.24, 2.45) is 0 Å². The summed E-state index contributed by atoms with van der Waals surface area (Å²) in [4.78, 5) is 8.09. The number of hydrogen-bond acceptors (Lipinski definition) is 5. The highest BCUT2D eigenvalue weighted by atomic mass is 16.5. The molecule has 0 bridgehead atoms. The minimum atomic E-state index is -0.147. The number of methoxy groups -OCH3 is 1. The Bertz CT molecular complexity index is 484. The number of ether oxygens (including phenoxy) is 1. The van der Waals surface area contributed by atoms with Crippen molar-refractivity contribution in [3.05, 3.63) is 47.9 Å². The van der Waals surface area contributed by atoms with E-state index < -0.39 is 0 Å². The number of anilines is 1. The van der Waals surface area contributed by atoms with Gasteiger partial charge in [-0.2, -0.15) is 0 Å². The van der Waals surface area contributed by atoms with Crippen LogP contribution in [0.25, 0.3) is 0 Å². The quantitative estimate of drug-likeness (QED) is 0.825. The van der Waals surface area contributed by atoms with Crippen molar-refractivity contribution in [3.8, 4) is 5.75 Å². The first-order valence-corrected chi connectivity index (χ1v) is 6.11. The van der Waals surface area contributed by atoms with Gasteiger partial charge in [0.1, 0.15) is 18.2 Å². The van der Waals surface area contributed by atoms with E-state index in [1.807, 2.05) is 18.2 Å². The van der Waals surface area contributed by atoms with E-state index in [1.165, 1.54) is 5.56 Å². The third-order valence-corrected chi connectivity index (χ3v) is 2.70. The summed E-state index contributed by atoms with van der Waals surface area (Å²) in [6, 6.07) is 9.76. The monoisotopic (exact) mass is 259 g/mol. The first-order valence-electron chi connectivity index (χ1n) is 6.11. The van der Waals surface area contributed by atoms with Crippen LogP contribution in [0, 0.1) is 0 Å². The van der Waals surface area contributed by atoms with Gasteiger partial charge in [-0.3, -0.25) is 0 Å². The molecule has 0 amide bonds. The fourth-order valence-corrected chi connectivity index (χ4v) is 1.74. The van der Waals surface area contributed by atoms with Crippen LogP contribution in [0.3, 0.4) is 0 Å². The molecule has 5 nitrogen and oxygen atoms in total. The number of aliphatic hydroxyl groups is 1. The zero-order chi connectivity index (χ0) is 13.5. The van der Waals surface area contributed by atoms with Gasteiger partial charge in [0.25, 0.3) is 0 Å². The van der Waals surface area contributed by atoms with Crippen LogP contribution >= 0.6 is 0 Å². The topological polar surface area (TPSA) is 67.3 Å². The predicted octanol–water partition coefficient (Wildman–Crippen LogP) is 1.63. The van der Waals surface area contributed by atoms with E-state index in [9.17, 15) is 0 Å². The van der Waals surface area contributed by atoms with Crippen molar-refractivity contribution >= 4 is 5.82 Å². The highest BCUT2D eigenvalue weighted by Crippen LogP contribution is 2.13. The summed E-state index contributed by atoms with van der Waals surface area (Å²) in [5.74, 6) is 2.01. The Hall–Kier alpha value is -2.14. The van der Waals surface area contributed by atoms with E-state index in [1.54, 1.807) is 19.4 Å². The molecule has 0 aliphatic heterocycles. The second-order valence-corrected chi connectivity index (χ2v) is 4.04. The number of aliphatic hydroxyl groups excluding tert-OH is 1. The molecule has 1 heterocycles. The Morgan fingerprint density at radius 1 is 1.32 bits per heavy atom. The number of nitrogens with zero attached hydrogens (tertiary/aromatic N) is 2. The van der Waals surface area contributed by atoms with Gasteiger partial charge in [-0.1, -0.05) is 12.1 Å². The Labute approximate surface area is 112 Å². The second kappa shape index (κ2) is 6.70. The number of hydrogen-bond donors (Lipinski definition) is 2. The maximum Gasteiger partial charge on any atom is 0.156 e. The van der Waals surface area contributed by atoms with Crippen molar-refractivity contribution < 1.29 is 9.84 Å². The van der Waals surface area contributed by atoms with Gasteiger partial charge in [0, 0.05) is 12.7 Å². The minimum Gasteiger partial charge on any atom is -0.497 e. The molecule has 0 spiro atoms. The van der Waals surface area contributed by atoms with Crippen molar-refractivity contribution in [3.63, 3.8) is 0 Å². The molecule has 0 radical (unpaired) electrons. The van der Waals surface area contributed by atoms with Crippen LogP contribution in [0.5, 0.6) is 5.75 Å². The van der Waals surface area contributed by atoms with E-state index in [2.05, 4.69) is 21.4 Å². The Morgan fingerprint density at radius 3 is 3.00 bits per heavy atom. The molecule has 0 aliphatic carbocycles. The molecular formula is C14H17N3O2. The molecule has 5 heteroatoms. The molecule has 2 N–H and O–H groups in total. The summed E-state index contributed by atoms with van der Waals surface area (Å²) in [6.45, 7) is 0.612. The Kier molecular flexibility index (Phi) is 4.69. The molecule has 0 aliphatic rings. The molecule has 0 saturated heterocycles. The zero-order valence-electron chi connectivity index (χ0n) is 10.8. The summed E-state index contributed by atoms with van der Waals surface area (Å²) < 4.78 is 5.18. The van der Waals surface area contributed by atoms with Gasteiger partial charge < -0.3 is 15.2 Å². The van der Waals surface area contributed by atoms with Crippen LogP contribution in [0.4, 0.5) is 5.82 Å². The summed E-state index contributed by atoms with van der Waals surface area (Å²) in [5.41, 5.74) is 1.20. The van der Waals surface area contributed by atoms with Gasteiger partial charge in [-0.25, -0.2) is 9.97 Å². The fraction of sp³-hybridized carbons (Fsp3) is 0.286. The third kappa shape index (κ3) is 3.93. The molecule has 0 fully saturated rings. The highest BCUT2D eigenvalue weighted by molar-refractivity contribution is 5.34. The normalized spacial score (nSPS) is 10.2. The smallest absolute Gasteiger partial charge is 0.156 e. The molecule has 0 atom stereocenters. The number of benzene rings is 1. The second-order valence-electron chi connectivity index (χ2n) is 4.04. The van der Waals surface area contributed by atoms with E-state index >= 15 is 0 Å². The van der Waals surface area contributed by atoms with Gasteiger partial charge in [0.2, 0.25) is 0 Å². The van der Waals surface area contributed by atoms with Crippen LogP contribution in [0.15, 0.2) is 36.5 Å². The van der Waals surface area contributed by atoms with Crippen molar-refractivity contribution in [1.82, 2.24) is 9.97 Å². The lowest BCUT2D eigenvalue weighted by atomic mass is 10.1. The number of aromatic nitrogens is 2. The van der Waals surface area contributed by atoms with Crippen molar-refractivity contribution in [1.29, 1.82) is 0 Å². The summed E-state index contributed by atoms with van der Waals surface area (Å²) in [7, 11) is 1.66. The first-order chi connectivity index (χ1) is 9.31. The maximum atomic E-state index is 8.96. The molecule has 2 rings (SSSR count). The molecule has 19 heavy (non-hydrogen) atoms. The third-order valence-electron chi connectivity index (χ3n) is 2.70. The van der Waals surface area contributed by atoms with Crippen LogP contribution in [-0.4, -0.2) is 28.7 Å². The lowest BCUT2D eigenvalue weighted by molar-refractivity contribution is 0.271. The fourth-order valence-electron chi connectivity index (χ4n) is 1.74. The molecule has 0 unspecified atom stereocenters. The number of rotatable bonds is 6. The van der Waals surface area contributed by atoms with Gasteiger partial charge in [0.05, 0.1) is 7.11 Å². The largest absolute Gasteiger partial charge is 0.497 e. The number of nitrogens with one attached hydrogen (secondary N) is 1. The Morgan fingerprint density at radius 2 is 2.21 bits per heavy atom. The lowest BCUT2D eigenvalue weighted by Crippen LogP contribution is -2.08. The van der Waals surface area contributed by atoms with Crippen molar-refractivity contribution in [2.45, 2.75) is 13.0 Å². The van der Waals surface area contributed by atoms with Crippen LogP contribution < -0.4 is 10.1 Å². The average molecular weight is 259 g/mol. The summed E-state index contributed by atoms with van der Waals surface area (Å²) in [6.07, 6.45) is 2.50. The van der Waals surface area contributed by atoms with Gasteiger partial charge in [-0.15, -0.1) is 0 Å². The van der Waals surface area contributed by atoms with E-state index in [0.717, 1.165) is 24.5 Å². The lowest BCUT2D eigenvalue weighted by Gasteiger charge is -2.07. The van der Waals surface area contributed by atoms with E-state index in [4.69, 9.17) is 9.84 Å². The van der Waals surface area contributed by atoms with Crippen LogP contribution in [0.1, 0.15) is 11.4 Å². The predicted molar refractivity (Wildman–Crippen MR) is 73.1 cm³/mol. The molecule has 1 aromatic carbocycles. The Balaban J connectivity index is 1.88. The van der Waals surface area contributed by atoms with E-state index in [0.29, 0.717) is 5.82 Å². The minimum absolute atomic E-state index is 0.147. The summed E-state index contributed by atoms with van der Waals surface area (Å²) in [5, 5.41) is 12.2. The standard InChI is InChI=1S/C14H17N3O2/c1-19-12-4-2-3-11(9-12)5-7-15-13-6-8-16-14(10-18)17-13/h2-4,6,8-9,18H,5,7,10H2,1H3,(H,15,16,17). The van der Waals surface area contributed by atoms with Crippen LogP contribution in [0.2, 0.25) is 0 Å². The molecular weight excluding hydrogens is 242 g/mol. The maximum absolute atomic E-state index is 8.96. The first kappa shape index (κ1) is 13.3. The van der Waals surface area contributed by atoms with Gasteiger partial charge >= 0.3 is 0 Å². The highest BCUT2D eigenvalue weighted by Gasteiger charge is 1.99. The zero-order valence-corrected chi connectivity index (χ0v) is 10.8. The van der Waals surface area contributed by atoms with E-state index in [-0.39, 0.29) is 6.61 Å². The van der Waals surface area contributed by atoms with Gasteiger partial charge in [0.15, 0.2) is 5.82 Å². The average Bonchev–Trinajstić information content (AvgIpc) is 2.48. The molecule has 0 saturated carbocycles. The molecule has 100 valence electrons. The summed E-state index contributed by atoms with van der Waals surface area (Å²) >= 11 is 0. The van der Waals surface area contributed by atoms with Gasteiger partial charge in [-0.05, 0) is 30.2 Å². The van der Waals surface area contributed by atoms with Crippen LogP contribution in [-0.2, 0) is 13.0 Å².